The topological polar surface area (TPSA) is 92.2 Å². The summed E-state index contributed by atoms with van der Waals surface area (Å²) in [6.07, 6.45) is 4.90. The number of hydrogen-bond acceptors (Lipinski definition) is 4. The number of thioether (sulfide) groups is 1. The van der Waals surface area contributed by atoms with Gasteiger partial charge < -0.3 is 5.73 Å². The lowest BCUT2D eigenvalue weighted by atomic mass is 10.3. The largest absolute Gasteiger partial charge is 0.378 e. The summed E-state index contributed by atoms with van der Waals surface area (Å²) >= 11 is 1.08. The fourth-order valence-electron chi connectivity index (χ4n) is 1.59. The highest BCUT2D eigenvalue weighted by atomic mass is 32.2. The average molecular weight is 276 g/mol. The minimum atomic E-state index is -0.331. The fourth-order valence-corrected chi connectivity index (χ4v) is 2.31. The molecule has 1 aromatic heterocycles. The predicted octanol–water partition coefficient (Wildman–Crippen LogP) is 1.98. The van der Waals surface area contributed by atoms with Crippen LogP contribution in [0.2, 0.25) is 0 Å². The van der Waals surface area contributed by atoms with Crippen molar-refractivity contribution >= 4 is 27.9 Å². The molecule has 0 aromatic carbocycles. The van der Waals surface area contributed by atoms with Gasteiger partial charge in [0.1, 0.15) is 0 Å². The molecule has 3 N–H and O–H groups in total. The zero-order chi connectivity index (χ0) is 13.7. The van der Waals surface area contributed by atoms with Gasteiger partial charge in [0.25, 0.3) is 5.91 Å². The molecule has 5 nitrogen and oxygen atoms in total. The second-order valence-corrected chi connectivity index (χ2v) is 5.63. The molecule has 0 saturated heterocycles. The number of hydrogen-bond donors (Lipinski definition) is 2. The van der Waals surface area contributed by atoms with Crippen LogP contribution in [-0.4, -0.2) is 21.1 Å². The van der Waals surface area contributed by atoms with Gasteiger partial charge in [-0.1, -0.05) is 6.07 Å². The first-order valence-electron chi connectivity index (χ1n) is 6.15. The van der Waals surface area contributed by atoms with E-state index in [1.54, 1.807) is 18.3 Å². The Bertz CT molecular complexity index is 497. The minimum Gasteiger partial charge on any atom is -0.378 e. The van der Waals surface area contributed by atoms with Gasteiger partial charge in [-0.25, -0.2) is 0 Å². The molecule has 6 heteroatoms. The van der Waals surface area contributed by atoms with Crippen molar-refractivity contribution in [3.63, 3.8) is 0 Å². The Morgan fingerprint density at radius 1 is 1.53 bits per heavy atom. The van der Waals surface area contributed by atoms with Crippen molar-refractivity contribution in [2.45, 2.75) is 25.7 Å². The van der Waals surface area contributed by atoms with Crippen LogP contribution in [-0.2, 0) is 11.2 Å². The van der Waals surface area contributed by atoms with Crippen LogP contribution in [0.15, 0.2) is 29.4 Å². The molecule has 0 atom stereocenters. The molecule has 2 rings (SSSR count). The van der Waals surface area contributed by atoms with Crippen molar-refractivity contribution in [1.29, 1.82) is 5.41 Å². The SMILES string of the molecule is N=C(CC1CC1)SC(N)=NC(=O)Cc1ccccn1. The van der Waals surface area contributed by atoms with Gasteiger partial charge in [-0.2, -0.15) is 4.99 Å². The molecule has 1 aliphatic rings. The van der Waals surface area contributed by atoms with E-state index >= 15 is 0 Å². The molecule has 1 amide bonds. The number of amidine groups is 1. The lowest BCUT2D eigenvalue weighted by Crippen LogP contribution is -2.14. The molecule has 1 aliphatic carbocycles. The normalized spacial score (nSPS) is 15.3. The zero-order valence-corrected chi connectivity index (χ0v) is 11.3. The van der Waals surface area contributed by atoms with Gasteiger partial charge in [0, 0.05) is 11.9 Å². The summed E-state index contributed by atoms with van der Waals surface area (Å²) in [6.45, 7) is 0. The van der Waals surface area contributed by atoms with Crippen LogP contribution in [0.4, 0.5) is 0 Å². The lowest BCUT2D eigenvalue weighted by Gasteiger charge is -2.01. The Morgan fingerprint density at radius 3 is 2.95 bits per heavy atom. The first-order chi connectivity index (χ1) is 9.13. The van der Waals surface area contributed by atoms with Crippen LogP contribution in [0.3, 0.4) is 0 Å². The number of pyridine rings is 1. The summed E-state index contributed by atoms with van der Waals surface area (Å²) in [5, 5.41) is 8.36. The maximum Gasteiger partial charge on any atom is 0.254 e. The molecule has 1 fully saturated rings. The number of rotatable bonds is 4. The molecule has 1 aromatic rings. The van der Waals surface area contributed by atoms with Gasteiger partial charge >= 0.3 is 0 Å². The molecule has 0 radical (unpaired) electrons. The summed E-state index contributed by atoms with van der Waals surface area (Å²) in [5.74, 6) is 0.306. The quantitative estimate of drug-likeness (QED) is 0.649. The third kappa shape index (κ3) is 5.21. The predicted molar refractivity (Wildman–Crippen MR) is 77.2 cm³/mol. The molecule has 100 valence electrons. The summed E-state index contributed by atoms with van der Waals surface area (Å²) in [4.78, 5) is 19.5. The van der Waals surface area contributed by atoms with Crippen LogP contribution >= 0.6 is 11.8 Å². The molecule has 1 saturated carbocycles. The summed E-state index contributed by atoms with van der Waals surface area (Å²) in [5.41, 5.74) is 6.32. The van der Waals surface area contributed by atoms with Crippen LogP contribution in [0.25, 0.3) is 0 Å². The molecular formula is C13H16N4OS. The third-order valence-electron chi connectivity index (χ3n) is 2.69. The highest BCUT2D eigenvalue weighted by Gasteiger charge is 2.23. The van der Waals surface area contributed by atoms with Crippen LogP contribution in [0.1, 0.15) is 25.0 Å². The minimum absolute atomic E-state index is 0.137. The van der Waals surface area contributed by atoms with Gasteiger partial charge in [0.2, 0.25) is 0 Å². The Labute approximate surface area is 116 Å². The molecule has 0 unspecified atom stereocenters. The Balaban J connectivity index is 1.81. The van der Waals surface area contributed by atoms with E-state index in [4.69, 9.17) is 11.1 Å². The standard InChI is InChI=1S/C13H16N4OS/c14-11(7-9-4-5-9)19-13(15)17-12(18)8-10-3-1-2-6-16-10/h1-3,6,9,14H,4-5,7-8H2,(H2,15,17,18). The molecule has 0 aliphatic heterocycles. The number of aliphatic imine (C=N–C) groups is 1. The number of nitrogens with one attached hydrogen (secondary N) is 1. The fraction of sp³-hybridized carbons (Fsp3) is 0.385. The van der Waals surface area contributed by atoms with Crippen molar-refractivity contribution in [3.8, 4) is 0 Å². The number of nitrogens with zero attached hydrogens (tertiary/aromatic N) is 2. The third-order valence-corrected chi connectivity index (χ3v) is 3.41. The second-order valence-electron chi connectivity index (χ2n) is 4.51. The number of carbonyl (C=O) groups is 1. The summed E-state index contributed by atoms with van der Waals surface area (Å²) in [7, 11) is 0. The van der Waals surface area contributed by atoms with E-state index in [0.29, 0.717) is 16.7 Å². The Hall–Kier alpha value is -1.69. The average Bonchev–Trinajstić information content (AvgIpc) is 3.13. The van der Waals surface area contributed by atoms with E-state index in [1.807, 2.05) is 6.07 Å². The van der Waals surface area contributed by atoms with E-state index in [0.717, 1.165) is 18.2 Å². The first-order valence-corrected chi connectivity index (χ1v) is 6.97. The van der Waals surface area contributed by atoms with E-state index in [1.165, 1.54) is 12.8 Å². The van der Waals surface area contributed by atoms with Gasteiger partial charge in [-0.05, 0) is 49.1 Å². The monoisotopic (exact) mass is 276 g/mol. The molecular weight excluding hydrogens is 260 g/mol. The number of carbonyl (C=O) groups excluding carboxylic acids is 1. The highest BCUT2D eigenvalue weighted by Crippen LogP contribution is 2.34. The van der Waals surface area contributed by atoms with Crippen molar-refractivity contribution in [1.82, 2.24) is 4.98 Å². The number of amides is 1. The highest BCUT2D eigenvalue weighted by molar-refractivity contribution is 8.26. The number of aromatic nitrogens is 1. The van der Waals surface area contributed by atoms with Crippen molar-refractivity contribution < 1.29 is 4.79 Å². The Kier molecular flexibility index (Phi) is 4.68. The molecule has 0 spiro atoms. The van der Waals surface area contributed by atoms with Crippen molar-refractivity contribution in [2.75, 3.05) is 0 Å². The van der Waals surface area contributed by atoms with Gasteiger partial charge in [0.05, 0.1) is 11.5 Å². The Morgan fingerprint density at radius 2 is 2.32 bits per heavy atom. The van der Waals surface area contributed by atoms with E-state index < -0.39 is 0 Å². The van der Waals surface area contributed by atoms with Gasteiger partial charge in [-0.3, -0.25) is 15.2 Å². The van der Waals surface area contributed by atoms with Crippen LogP contribution in [0.5, 0.6) is 0 Å². The molecule has 1 heterocycles. The molecule has 19 heavy (non-hydrogen) atoms. The van der Waals surface area contributed by atoms with E-state index in [2.05, 4.69) is 9.98 Å². The maximum absolute atomic E-state index is 11.6. The summed E-state index contributed by atoms with van der Waals surface area (Å²) < 4.78 is 0. The van der Waals surface area contributed by atoms with Gasteiger partial charge in [-0.15, -0.1) is 0 Å². The van der Waals surface area contributed by atoms with Crippen LogP contribution < -0.4 is 5.73 Å². The van der Waals surface area contributed by atoms with Crippen LogP contribution in [0, 0.1) is 11.3 Å². The smallest absolute Gasteiger partial charge is 0.254 e. The van der Waals surface area contributed by atoms with E-state index in [9.17, 15) is 4.79 Å². The summed E-state index contributed by atoms with van der Waals surface area (Å²) in [6, 6.07) is 5.38. The number of nitrogens with two attached hydrogens (primary N) is 1. The zero-order valence-electron chi connectivity index (χ0n) is 10.5. The van der Waals surface area contributed by atoms with E-state index in [-0.39, 0.29) is 17.5 Å². The molecule has 0 bridgehead atoms. The van der Waals surface area contributed by atoms with Crippen molar-refractivity contribution in [3.05, 3.63) is 30.1 Å². The second kappa shape index (κ2) is 6.47. The maximum atomic E-state index is 11.6. The van der Waals surface area contributed by atoms with Gasteiger partial charge in [0.15, 0.2) is 5.17 Å². The van der Waals surface area contributed by atoms with Crippen molar-refractivity contribution in [2.24, 2.45) is 16.6 Å². The first kappa shape index (κ1) is 13.7. The lowest BCUT2D eigenvalue weighted by molar-refractivity contribution is -0.117.